The highest BCUT2D eigenvalue weighted by molar-refractivity contribution is 6.16. The normalized spacial score (nSPS) is 14.9. The molecule has 0 unspecified atom stereocenters. The molecule has 0 atom stereocenters. The number of nitrogens with one attached hydrogen (secondary N) is 1. The number of nitrogens with zero attached hydrogens (tertiary/aromatic N) is 4. The van der Waals surface area contributed by atoms with E-state index in [2.05, 4.69) is 29.1 Å². The topological polar surface area (TPSA) is 62.5 Å². The molecule has 1 aliphatic heterocycles. The van der Waals surface area contributed by atoms with Gasteiger partial charge in [0.2, 0.25) is 0 Å². The van der Waals surface area contributed by atoms with Crippen molar-refractivity contribution in [3.05, 3.63) is 36.3 Å². The smallest absolute Gasteiger partial charge is 0.256 e. The van der Waals surface area contributed by atoms with E-state index in [-0.39, 0.29) is 11.9 Å². The van der Waals surface area contributed by atoms with Gasteiger partial charge in [-0.05, 0) is 38.8 Å². The Morgan fingerprint density at radius 1 is 1.21 bits per heavy atom. The summed E-state index contributed by atoms with van der Waals surface area (Å²) in [6.07, 6.45) is 5.65. The van der Waals surface area contributed by atoms with Gasteiger partial charge in [-0.2, -0.15) is 0 Å². The third-order valence-corrected chi connectivity index (χ3v) is 4.45. The summed E-state index contributed by atoms with van der Waals surface area (Å²) in [6, 6.07) is 6.11. The maximum atomic E-state index is 13.2. The molecular weight excluding hydrogens is 302 g/mol. The third-order valence-electron chi connectivity index (χ3n) is 4.45. The Balaban J connectivity index is 2.01. The van der Waals surface area contributed by atoms with Gasteiger partial charge < -0.3 is 14.6 Å². The molecule has 3 aromatic rings. The van der Waals surface area contributed by atoms with E-state index in [1.165, 1.54) is 0 Å². The SMILES string of the molecule is CC(C)Nc1ncnc2c1c(C(=O)N1CCCC1)c1ccccn12. The fraction of sp³-hybridized carbons (Fsp3) is 0.389. The van der Waals surface area contributed by atoms with Crippen LogP contribution in [0, 0.1) is 0 Å². The molecule has 6 heteroatoms. The lowest BCUT2D eigenvalue weighted by Gasteiger charge is -2.16. The number of carbonyl (C=O) groups is 1. The molecule has 4 heterocycles. The van der Waals surface area contributed by atoms with Gasteiger partial charge in [-0.25, -0.2) is 9.97 Å². The van der Waals surface area contributed by atoms with Crippen LogP contribution in [0.4, 0.5) is 5.82 Å². The Hall–Kier alpha value is -2.63. The summed E-state index contributed by atoms with van der Waals surface area (Å²) in [5.41, 5.74) is 2.36. The van der Waals surface area contributed by atoms with Crippen molar-refractivity contribution in [1.82, 2.24) is 19.3 Å². The third kappa shape index (κ3) is 2.29. The molecule has 0 spiro atoms. The van der Waals surface area contributed by atoms with Gasteiger partial charge in [-0.15, -0.1) is 0 Å². The second kappa shape index (κ2) is 5.78. The van der Waals surface area contributed by atoms with E-state index in [0.29, 0.717) is 5.56 Å². The second-order valence-electron chi connectivity index (χ2n) is 6.55. The van der Waals surface area contributed by atoms with Crippen LogP contribution in [0.15, 0.2) is 30.7 Å². The molecule has 1 aliphatic rings. The fourth-order valence-electron chi connectivity index (χ4n) is 3.43. The molecule has 3 aromatic heterocycles. The number of amides is 1. The van der Waals surface area contributed by atoms with Gasteiger partial charge in [-0.1, -0.05) is 6.07 Å². The number of carbonyl (C=O) groups excluding carboxylic acids is 1. The minimum absolute atomic E-state index is 0.0767. The first-order chi connectivity index (χ1) is 11.7. The van der Waals surface area contributed by atoms with Gasteiger partial charge in [0.15, 0.2) is 5.65 Å². The van der Waals surface area contributed by atoms with E-state index >= 15 is 0 Å². The maximum Gasteiger partial charge on any atom is 0.256 e. The Labute approximate surface area is 140 Å². The largest absolute Gasteiger partial charge is 0.367 e. The molecular formula is C18H21N5O. The van der Waals surface area contributed by atoms with Gasteiger partial charge >= 0.3 is 0 Å². The first-order valence-electron chi connectivity index (χ1n) is 8.46. The Morgan fingerprint density at radius 3 is 2.75 bits per heavy atom. The lowest BCUT2D eigenvalue weighted by Crippen LogP contribution is -2.27. The van der Waals surface area contributed by atoms with E-state index in [1.807, 2.05) is 33.7 Å². The molecule has 0 bridgehead atoms. The number of fused-ring (bicyclic) bond motifs is 3. The van der Waals surface area contributed by atoms with Gasteiger partial charge in [0, 0.05) is 25.3 Å². The van der Waals surface area contributed by atoms with Crippen molar-refractivity contribution in [3.63, 3.8) is 0 Å². The van der Waals surface area contributed by atoms with Crippen molar-refractivity contribution in [2.75, 3.05) is 18.4 Å². The summed E-state index contributed by atoms with van der Waals surface area (Å²) in [5.74, 6) is 0.800. The molecule has 6 nitrogen and oxygen atoms in total. The second-order valence-corrected chi connectivity index (χ2v) is 6.55. The van der Waals surface area contributed by atoms with Crippen LogP contribution < -0.4 is 5.32 Å². The van der Waals surface area contributed by atoms with Crippen LogP contribution in [0.1, 0.15) is 37.0 Å². The lowest BCUT2D eigenvalue weighted by atomic mass is 10.1. The van der Waals surface area contributed by atoms with Crippen LogP contribution in [0.3, 0.4) is 0 Å². The fourth-order valence-corrected chi connectivity index (χ4v) is 3.43. The summed E-state index contributed by atoms with van der Waals surface area (Å²) in [4.78, 5) is 24.0. The molecule has 24 heavy (non-hydrogen) atoms. The summed E-state index contributed by atoms with van der Waals surface area (Å²) < 4.78 is 1.98. The van der Waals surface area contributed by atoms with Gasteiger partial charge in [0.25, 0.3) is 5.91 Å². The van der Waals surface area contributed by atoms with Crippen molar-refractivity contribution in [2.45, 2.75) is 32.7 Å². The molecule has 1 fully saturated rings. The van der Waals surface area contributed by atoms with E-state index in [0.717, 1.165) is 48.3 Å². The monoisotopic (exact) mass is 323 g/mol. The highest BCUT2D eigenvalue weighted by atomic mass is 16.2. The maximum absolute atomic E-state index is 13.2. The van der Waals surface area contributed by atoms with Crippen molar-refractivity contribution >= 4 is 28.3 Å². The average molecular weight is 323 g/mol. The minimum atomic E-state index is 0.0767. The van der Waals surface area contributed by atoms with Crippen LogP contribution in [0.5, 0.6) is 0 Å². The summed E-state index contributed by atoms with van der Waals surface area (Å²) in [5, 5.41) is 4.17. The van der Waals surface area contributed by atoms with E-state index in [9.17, 15) is 4.79 Å². The predicted molar refractivity (Wildman–Crippen MR) is 94.4 cm³/mol. The van der Waals surface area contributed by atoms with Crippen molar-refractivity contribution in [1.29, 1.82) is 0 Å². The van der Waals surface area contributed by atoms with Crippen LogP contribution in [0.25, 0.3) is 16.6 Å². The first kappa shape index (κ1) is 14.9. The molecule has 1 saturated heterocycles. The van der Waals surface area contributed by atoms with Crippen molar-refractivity contribution < 1.29 is 4.79 Å². The summed E-state index contributed by atoms with van der Waals surface area (Å²) in [6.45, 7) is 5.77. The molecule has 0 aromatic carbocycles. The van der Waals surface area contributed by atoms with E-state index in [4.69, 9.17) is 0 Å². The number of hydrogen-bond donors (Lipinski definition) is 1. The van der Waals surface area contributed by atoms with Crippen LogP contribution in [-0.4, -0.2) is 44.3 Å². The van der Waals surface area contributed by atoms with Gasteiger partial charge in [-0.3, -0.25) is 4.79 Å². The molecule has 1 amide bonds. The quantitative estimate of drug-likeness (QED) is 0.805. The van der Waals surface area contributed by atoms with Crippen molar-refractivity contribution in [3.8, 4) is 0 Å². The highest BCUT2D eigenvalue weighted by Gasteiger charge is 2.27. The zero-order chi connectivity index (χ0) is 16.7. The van der Waals surface area contributed by atoms with Gasteiger partial charge in [0.1, 0.15) is 12.1 Å². The van der Waals surface area contributed by atoms with E-state index in [1.54, 1.807) is 6.33 Å². The molecule has 0 aliphatic carbocycles. The number of hydrogen-bond acceptors (Lipinski definition) is 4. The van der Waals surface area contributed by atoms with E-state index < -0.39 is 0 Å². The molecule has 1 N–H and O–H groups in total. The zero-order valence-electron chi connectivity index (χ0n) is 14.0. The minimum Gasteiger partial charge on any atom is -0.367 e. The predicted octanol–water partition coefficient (Wildman–Crippen LogP) is 2.94. The zero-order valence-corrected chi connectivity index (χ0v) is 14.0. The highest BCUT2D eigenvalue weighted by Crippen LogP contribution is 2.32. The number of anilines is 1. The molecule has 124 valence electrons. The number of rotatable bonds is 3. The molecule has 0 saturated carbocycles. The summed E-state index contributed by atoms with van der Waals surface area (Å²) >= 11 is 0. The van der Waals surface area contributed by atoms with Crippen molar-refractivity contribution in [2.24, 2.45) is 0 Å². The Morgan fingerprint density at radius 2 is 2.00 bits per heavy atom. The lowest BCUT2D eigenvalue weighted by molar-refractivity contribution is 0.0796. The van der Waals surface area contributed by atoms with Gasteiger partial charge in [0.05, 0.1) is 16.5 Å². The van der Waals surface area contributed by atoms with Crippen LogP contribution in [-0.2, 0) is 0 Å². The Bertz CT molecular complexity index is 908. The number of likely N-dealkylation sites (tertiary alicyclic amines) is 1. The molecule has 0 radical (unpaired) electrons. The average Bonchev–Trinajstić information content (AvgIpc) is 3.21. The van der Waals surface area contributed by atoms with Crippen LogP contribution in [0.2, 0.25) is 0 Å². The summed E-state index contributed by atoms with van der Waals surface area (Å²) in [7, 11) is 0. The standard InChI is InChI=1S/C18H21N5O/c1-12(2)21-16-15-14(18(24)22-8-5-6-9-22)13-7-3-4-10-23(13)17(15)20-11-19-16/h3-4,7,10-12H,5-6,8-9H2,1-2H3,(H,19,20,21). The van der Waals surface area contributed by atoms with Crippen LogP contribution >= 0.6 is 0 Å². The number of aromatic nitrogens is 3. The Kier molecular flexibility index (Phi) is 3.59. The first-order valence-corrected chi connectivity index (χ1v) is 8.46. The molecule has 4 rings (SSSR count). The number of pyridine rings is 1.